The van der Waals surface area contributed by atoms with E-state index in [1.807, 2.05) is 18.2 Å². The Balaban J connectivity index is 1.65. The summed E-state index contributed by atoms with van der Waals surface area (Å²) in [6.45, 7) is 2.76. The van der Waals surface area contributed by atoms with Crippen molar-refractivity contribution in [2.45, 2.75) is 77.0 Å². The van der Waals surface area contributed by atoms with Gasteiger partial charge in [-0.25, -0.2) is 0 Å². The molecule has 0 spiro atoms. The second-order valence-electron chi connectivity index (χ2n) is 8.59. The molecule has 2 unspecified atom stereocenters. The minimum Gasteiger partial charge on any atom is -0.278 e. The zero-order valence-electron chi connectivity index (χ0n) is 18.1. The third kappa shape index (κ3) is 5.94. The number of nitrogens with zero attached hydrogens (tertiary/aromatic N) is 1. The Labute approximate surface area is 189 Å². The van der Waals surface area contributed by atoms with Crippen molar-refractivity contribution in [1.82, 2.24) is 4.90 Å². The normalized spacial score (nSPS) is 20.7. The van der Waals surface area contributed by atoms with E-state index < -0.39 is 0 Å². The molecule has 1 aliphatic carbocycles. The van der Waals surface area contributed by atoms with Gasteiger partial charge in [0.15, 0.2) is 0 Å². The van der Waals surface area contributed by atoms with Crippen LogP contribution in [0.3, 0.4) is 0 Å². The molecule has 30 heavy (non-hydrogen) atoms. The maximum Gasteiger partial charge on any atom is 0.260 e. The van der Waals surface area contributed by atoms with Crippen molar-refractivity contribution in [2.24, 2.45) is 5.92 Å². The Hall–Kier alpha value is -1.68. The monoisotopic (exact) mass is 471 g/mol. The van der Waals surface area contributed by atoms with Gasteiger partial charge in [0.2, 0.25) is 5.91 Å². The number of hydrogen-bond donors (Lipinski definition) is 0. The molecule has 1 aromatic rings. The topological polar surface area (TPSA) is 37.4 Å². The Morgan fingerprint density at radius 3 is 2.57 bits per heavy atom. The molecule has 0 saturated carbocycles. The first-order valence-electron chi connectivity index (χ1n) is 11.6. The predicted octanol–water partition coefficient (Wildman–Crippen LogP) is 7.18. The van der Waals surface area contributed by atoms with Gasteiger partial charge in [0.1, 0.15) is 0 Å². The number of halogens is 1. The van der Waals surface area contributed by atoms with E-state index in [1.54, 1.807) is 0 Å². The van der Waals surface area contributed by atoms with Crippen molar-refractivity contribution in [2.75, 3.05) is 6.54 Å². The van der Waals surface area contributed by atoms with Crippen LogP contribution in [0.5, 0.6) is 0 Å². The number of benzene rings is 1. The number of amides is 2. The number of carbonyl (C=O) groups is 2. The molecule has 0 bridgehead atoms. The number of allylic oxidation sites excluding steroid dienone is 4. The second-order valence-corrected chi connectivity index (χ2v) is 9.50. The van der Waals surface area contributed by atoms with Gasteiger partial charge in [0.25, 0.3) is 5.91 Å². The van der Waals surface area contributed by atoms with Crippen LogP contribution >= 0.6 is 15.9 Å². The zero-order valence-corrected chi connectivity index (χ0v) is 19.7. The molecule has 3 rings (SSSR count). The van der Waals surface area contributed by atoms with Crippen LogP contribution in [0.15, 0.2) is 47.0 Å². The summed E-state index contributed by atoms with van der Waals surface area (Å²) < 4.78 is 0.927. The van der Waals surface area contributed by atoms with Gasteiger partial charge in [-0.1, -0.05) is 85.7 Å². The van der Waals surface area contributed by atoms with Crippen LogP contribution in [0.4, 0.5) is 0 Å². The van der Waals surface area contributed by atoms with Gasteiger partial charge >= 0.3 is 0 Å². The summed E-state index contributed by atoms with van der Waals surface area (Å²) in [5.74, 6) is 0.237. The summed E-state index contributed by atoms with van der Waals surface area (Å²) in [6, 6.07) is 5.76. The van der Waals surface area contributed by atoms with Crippen LogP contribution in [0, 0.1) is 5.92 Å². The van der Waals surface area contributed by atoms with Crippen LogP contribution in [0.2, 0.25) is 0 Å². The standard InChI is InChI=1S/C26H34BrNO2/c1-2-3-4-5-6-10-18-28-25(29)22(15-11-14-20-12-8-7-9-13-20)24-19-21(27)16-17-23(24)26(28)30/h7-9,12,16-17,19-20,22H,2-6,10-11,13-15,18H2,1H3. The SMILES string of the molecule is CCCCCCCCN1C(=O)c2ccc(Br)cc2C(CCCC2C=CC=CC2)C1=O. The molecule has 1 heterocycles. The fourth-order valence-corrected chi connectivity index (χ4v) is 4.93. The first-order chi connectivity index (χ1) is 14.6. The van der Waals surface area contributed by atoms with E-state index in [9.17, 15) is 9.59 Å². The van der Waals surface area contributed by atoms with Crippen molar-refractivity contribution in [3.8, 4) is 0 Å². The van der Waals surface area contributed by atoms with Crippen molar-refractivity contribution in [1.29, 1.82) is 0 Å². The van der Waals surface area contributed by atoms with E-state index in [4.69, 9.17) is 0 Å². The van der Waals surface area contributed by atoms with E-state index in [0.29, 0.717) is 18.0 Å². The van der Waals surface area contributed by atoms with Crippen molar-refractivity contribution in [3.63, 3.8) is 0 Å². The molecule has 0 fully saturated rings. The van der Waals surface area contributed by atoms with Crippen LogP contribution in [-0.2, 0) is 4.79 Å². The molecule has 2 atom stereocenters. The van der Waals surface area contributed by atoms with E-state index >= 15 is 0 Å². The highest BCUT2D eigenvalue weighted by Crippen LogP contribution is 2.35. The molecule has 1 aliphatic heterocycles. The van der Waals surface area contributed by atoms with Crippen LogP contribution in [-0.4, -0.2) is 23.3 Å². The van der Waals surface area contributed by atoms with E-state index in [2.05, 4.69) is 47.2 Å². The Morgan fingerprint density at radius 1 is 1.00 bits per heavy atom. The third-order valence-electron chi connectivity index (χ3n) is 6.30. The first kappa shape index (κ1) is 23.0. The van der Waals surface area contributed by atoms with Crippen LogP contribution in [0.1, 0.15) is 93.0 Å². The van der Waals surface area contributed by atoms with Gasteiger partial charge in [0, 0.05) is 16.6 Å². The lowest BCUT2D eigenvalue weighted by Gasteiger charge is -2.33. The predicted molar refractivity (Wildman–Crippen MR) is 127 cm³/mol. The number of fused-ring (bicyclic) bond motifs is 1. The van der Waals surface area contributed by atoms with Crippen LogP contribution in [0.25, 0.3) is 0 Å². The van der Waals surface area contributed by atoms with Gasteiger partial charge in [-0.15, -0.1) is 0 Å². The summed E-state index contributed by atoms with van der Waals surface area (Å²) in [7, 11) is 0. The summed E-state index contributed by atoms with van der Waals surface area (Å²) in [5.41, 5.74) is 1.60. The van der Waals surface area contributed by atoms with E-state index in [0.717, 1.165) is 48.6 Å². The summed E-state index contributed by atoms with van der Waals surface area (Å²) >= 11 is 3.52. The molecule has 0 radical (unpaired) electrons. The lowest BCUT2D eigenvalue weighted by molar-refractivity contribution is -0.131. The average Bonchev–Trinajstić information content (AvgIpc) is 2.75. The number of hydrogen-bond acceptors (Lipinski definition) is 2. The number of imide groups is 1. The highest BCUT2D eigenvalue weighted by Gasteiger charge is 2.38. The number of unbranched alkanes of at least 4 members (excludes halogenated alkanes) is 5. The lowest BCUT2D eigenvalue weighted by atomic mass is 9.83. The maximum absolute atomic E-state index is 13.3. The second kappa shape index (κ2) is 11.6. The molecule has 162 valence electrons. The van der Waals surface area contributed by atoms with Gasteiger partial charge < -0.3 is 0 Å². The van der Waals surface area contributed by atoms with Gasteiger partial charge in [-0.3, -0.25) is 14.5 Å². The van der Waals surface area contributed by atoms with Crippen molar-refractivity contribution in [3.05, 3.63) is 58.1 Å². The summed E-state index contributed by atoms with van der Waals surface area (Å²) in [5, 5.41) is 0. The zero-order chi connectivity index (χ0) is 21.3. The third-order valence-corrected chi connectivity index (χ3v) is 6.79. The Bertz CT molecular complexity index is 798. The fourth-order valence-electron chi connectivity index (χ4n) is 4.55. The summed E-state index contributed by atoms with van der Waals surface area (Å²) in [6.07, 6.45) is 19.5. The molecular formula is C26H34BrNO2. The number of carbonyl (C=O) groups excluding carboxylic acids is 2. The van der Waals surface area contributed by atoms with Crippen LogP contribution < -0.4 is 0 Å². The molecule has 2 amide bonds. The highest BCUT2D eigenvalue weighted by atomic mass is 79.9. The summed E-state index contributed by atoms with van der Waals surface area (Å²) in [4.78, 5) is 27.9. The maximum atomic E-state index is 13.3. The molecule has 0 aromatic heterocycles. The Morgan fingerprint density at radius 2 is 1.80 bits per heavy atom. The fraction of sp³-hybridized carbons (Fsp3) is 0.538. The van der Waals surface area contributed by atoms with E-state index in [-0.39, 0.29) is 17.7 Å². The quantitative estimate of drug-likeness (QED) is 0.253. The lowest BCUT2D eigenvalue weighted by Crippen LogP contribution is -2.45. The Kier molecular flexibility index (Phi) is 8.92. The molecule has 3 nitrogen and oxygen atoms in total. The minimum atomic E-state index is -0.210. The van der Waals surface area contributed by atoms with Gasteiger partial charge in [-0.05, 0) is 55.4 Å². The molecule has 0 N–H and O–H groups in total. The molecule has 1 aromatic carbocycles. The molecule has 2 aliphatic rings. The van der Waals surface area contributed by atoms with Gasteiger partial charge in [-0.2, -0.15) is 0 Å². The minimum absolute atomic E-state index is 0.00163. The number of rotatable bonds is 11. The largest absolute Gasteiger partial charge is 0.278 e. The first-order valence-corrected chi connectivity index (χ1v) is 12.4. The van der Waals surface area contributed by atoms with Crippen molar-refractivity contribution >= 4 is 27.7 Å². The molecule has 0 saturated heterocycles. The smallest absolute Gasteiger partial charge is 0.260 e. The van der Waals surface area contributed by atoms with E-state index in [1.165, 1.54) is 30.6 Å². The average molecular weight is 472 g/mol. The molecule has 4 heteroatoms. The van der Waals surface area contributed by atoms with Crippen molar-refractivity contribution < 1.29 is 9.59 Å². The molecular weight excluding hydrogens is 438 g/mol. The highest BCUT2D eigenvalue weighted by molar-refractivity contribution is 9.10. The van der Waals surface area contributed by atoms with Gasteiger partial charge in [0.05, 0.1) is 5.92 Å².